The van der Waals surface area contributed by atoms with Gasteiger partial charge in [-0.05, 0) is 35.8 Å². The normalized spacial score (nSPS) is 14.1. The number of rotatable bonds is 4. The lowest BCUT2D eigenvalue weighted by atomic mass is 10.00. The number of thiazole rings is 1. The van der Waals surface area contributed by atoms with Gasteiger partial charge in [0.05, 0.1) is 21.3 Å². The molecule has 4 rings (SSSR count). The van der Waals surface area contributed by atoms with Crippen molar-refractivity contribution >= 4 is 39.0 Å². The van der Waals surface area contributed by atoms with E-state index in [0.717, 1.165) is 16.6 Å². The van der Waals surface area contributed by atoms with Crippen molar-refractivity contribution in [2.24, 2.45) is 0 Å². The van der Waals surface area contributed by atoms with Gasteiger partial charge in [0, 0.05) is 13.1 Å². The second-order valence-electron chi connectivity index (χ2n) is 6.30. The van der Waals surface area contributed by atoms with Crippen LogP contribution >= 0.6 is 11.3 Å². The van der Waals surface area contributed by atoms with Crippen LogP contribution in [-0.4, -0.2) is 41.5 Å². The van der Waals surface area contributed by atoms with E-state index in [-0.39, 0.29) is 12.5 Å². The minimum atomic E-state index is -0.490. The molecule has 136 valence electrons. The van der Waals surface area contributed by atoms with E-state index in [0.29, 0.717) is 18.7 Å². The average Bonchev–Trinajstić information content (AvgIpc) is 3.20. The van der Waals surface area contributed by atoms with Gasteiger partial charge in [0.2, 0.25) is 0 Å². The van der Waals surface area contributed by atoms with Crippen LogP contribution in [-0.2, 0) is 9.53 Å². The summed E-state index contributed by atoms with van der Waals surface area (Å²) in [6, 6.07) is 15.4. The van der Waals surface area contributed by atoms with Crippen LogP contribution in [0.25, 0.3) is 15.8 Å². The Bertz CT molecular complexity index is 1010. The Labute approximate surface area is 160 Å². The number of hydrogen-bond donors (Lipinski definition) is 0. The first-order valence-electron chi connectivity index (χ1n) is 8.73. The summed E-state index contributed by atoms with van der Waals surface area (Å²) in [7, 11) is 0. The number of nitrogens with zero attached hydrogens (tertiary/aromatic N) is 2. The van der Waals surface area contributed by atoms with Crippen LogP contribution in [0.3, 0.4) is 0 Å². The highest BCUT2D eigenvalue weighted by Gasteiger charge is 2.19. The number of ether oxygens (including phenoxy) is 1. The lowest BCUT2D eigenvalue weighted by Gasteiger charge is -2.26. The van der Waals surface area contributed by atoms with Gasteiger partial charge in [-0.1, -0.05) is 36.4 Å². The van der Waals surface area contributed by atoms with E-state index >= 15 is 0 Å². The molecule has 0 atom stereocenters. The second-order valence-corrected chi connectivity index (χ2v) is 7.18. The van der Waals surface area contributed by atoms with Gasteiger partial charge in [-0.3, -0.25) is 4.79 Å². The number of aromatic nitrogens is 1. The summed E-state index contributed by atoms with van der Waals surface area (Å²) >= 11 is 1.46. The largest absolute Gasteiger partial charge is 0.452 e. The molecule has 2 heterocycles. The molecule has 0 unspecified atom stereocenters. The average molecular weight is 378 g/mol. The van der Waals surface area contributed by atoms with Gasteiger partial charge in [0.15, 0.2) is 6.61 Å². The molecule has 0 N–H and O–H groups in total. The van der Waals surface area contributed by atoms with Gasteiger partial charge in [0.25, 0.3) is 5.91 Å². The summed E-state index contributed by atoms with van der Waals surface area (Å²) < 4.78 is 6.14. The molecule has 0 saturated heterocycles. The molecule has 0 aliphatic carbocycles. The molecule has 1 aliphatic heterocycles. The highest BCUT2D eigenvalue weighted by atomic mass is 32.1. The minimum absolute atomic E-state index is 0.175. The van der Waals surface area contributed by atoms with Crippen LogP contribution in [0.2, 0.25) is 0 Å². The number of benzene rings is 2. The maximum Gasteiger partial charge on any atom is 0.338 e. The first-order chi connectivity index (χ1) is 13.2. The topological polar surface area (TPSA) is 59.5 Å². The molecule has 3 aromatic rings. The predicted molar refractivity (Wildman–Crippen MR) is 106 cm³/mol. The van der Waals surface area contributed by atoms with E-state index in [1.54, 1.807) is 28.6 Å². The van der Waals surface area contributed by atoms with E-state index in [4.69, 9.17) is 4.74 Å². The van der Waals surface area contributed by atoms with Crippen LogP contribution in [0.4, 0.5) is 0 Å². The third-order valence-corrected chi connectivity index (χ3v) is 5.39. The van der Waals surface area contributed by atoms with Crippen LogP contribution in [0.1, 0.15) is 22.3 Å². The Morgan fingerprint density at radius 2 is 2.00 bits per heavy atom. The number of esters is 1. The lowest BCUT2D eigenvalue weighted by molar-refractivity contribution is -0.134. The van der Waals surface area contributed by atoms with Crippen LogP contribution in [0.15, 0.2) is 60.1 Å². The molecule has 27 heavy (non-hydrogen) atoms. The summed E-state index contributed by atoms with van der Waals surface area (Å²) in [5.74, 6) is -0.665. The Morgan fingerprint density at radius 3 is 2.78 bits per heavy atom. The zero-order chi connectivity index (χ0) is 18.6. The van der Waals surface area contributed by atoms with Crippen molar-refractivity contribution < 1.29 is 14.3 Å². The third kappa shape index (κ3) is 3.90. The van der Waals surface area contributed by atoms with Crippen molar-refractivity contribution in [2.75, 3.05) is 19.7 Å². The fraction of sp³-hybridized carbons (Fsp3) is 0.190. The quantitative estimate of drug-likeness (QED) is 0.649. The van der Waals surface area contributed by atoms with Gasteiger partial charge < -0.3 is 9.64 Å². The van der Waals surface area contributed by atoms with Crippen molar-refractivity contribution in [1.82, 2.24) is 9.88 Å². The Kier molecular flexibility index (Phi) is 4.98. The summed E-state index contributed by atoms with van der Waals surface area (Å²) in [5, 5.41) is 0. The first kappa shape index (κ1) is 17.4. The standard InChI is InChI=1S/C21H18N2O3S/c24-20(23-10-8-16(9-11-23)15-4-2-1-3-5-15)13-26-21(25)17-6-7-18-19(12-17)27-14-22-18/h1-8,12,14H,9-11,13H2. The van der Waals surface area contributed by atoms with Gasteiger partial charge >= 0.3 is 5.97 Å². The van der Waals surface area contributed by atoms with Crippen LogP contribution < -0.4 is 0 Å². The van der Waals surface area contributed by atoms with E-state index in [2.05, 4.69) is 23.2 Å². The highest BCUT2D eigenvalue weighted by Crippen LogP contribution is 2.22. The molecule has 0 bridgehead atoms. The summed E-state index contributed by atoms with van der Waals surface area (Å²) in [6.07, 6.45) is 2.86. The Balaban J connectivity index is 1.33. The molecule has 0 spiro atoms. The monoisotopic (exact) mass is 378 g/mol. The third-order valence-electron chi connectivity index (χ3n) is 4.60. The molecular weight excluding hydrogens is 360 g/mol. The second kappa shape index (κ2) is 7.72. The predicted octanol–water partition coefficient (Wildman–Crippen LogP) is 3.77. The van der Waals surface area contributed by atoms with E-state index in [1.165, 1.54) is 22.5 Å². The molecule has 0 fully saturated rings. The summed E-state index contributed by atoms with van der Waals surface area (Å²) in [4.78, 5) is 30.5. The molecule has 6 heteroatoms. The van der Waals surface area contributed by atoms with Gasteiger partial charge in [0.1, 0.15) is 0 Å². The highest BCUT2D eigenvalue weighted by molar-refractivity contribution is 7.16. The summed E-state index contributed by atoms with van der Waals surface area (Å²) in [6.45, 7) is 0.922. The minimum Gasteiger partial charge on any atom is -0.452 e. The number of carbonyl (C=O) groups excluding carboxylic acids is 2. The number of fused-ring (bicyclic) bond motifs is 1. The van der Waals surface area contributed by atoms with E-state index in [1.807, 2.05) is 18.2 Å². The Morgan fingerprint density at radius 1 is 1.15 bits per heavy atom. The van der Waals surface area contributed by atoms with E-state index in [9.17, 15) is 9.59 Å². The maximum absolute atomic E-state index is 12.4. The lowest BCUT2D eigenvalue weighted by Crippen LogP contribution is -2.37. The molecular formula is C21H18N2O3S. The number of amides is 1. The molecule has 2 aromatic carbocycles. The van der Waals surface area contributed by atoms with Crippen LogP contribution in [0.5, 0.6) is 0 Å². The SMILES string of the molecule is O=C(OCC(=O)N1CC=C(c2ccccc2)CC1)c1ccc2ncsc2c1. The van der Waals surface area contributed by atoms with E-state index < -0.39 is 5.97 Å². The summed E-state index contributed by atoms with van der Waals surface area (Å²) in [5.41, 5.74) is 5.45. The van der Waals surface area contributed by atoms with Gasteiger partial charge in [-0.25, -0.2) is 9.78 Å². The fourth-order valence-corrected chi connectivity index (χ4v) is 3.81. The zero-order valence-corrected chi connectivity index (χ0v) is 15.4. The molecule has 5 nitrogen and oxygen atoms in total. The molecule has 0 saturated carbocycles. The molecule has 1 aromatic heterocycles. The maximum atomic E-state index is 12.4. The molecule has 1 aliphatic rings. The number of carbonyl (C=O) groups is 2. The number of hydrogen-bond acceptors (Lipinski definition) is 5. The van der Waals surface area contributed by atoms with Gasteiger partial charge in [-0.15, -0.1) is 11.3 Å². The Hall–Kier alpha value is -2.99. The fourth-order valence-electron chi connectivity index (χ4n) is 3.09. The van der Waals surface area contributed by atoms with Crippen molar-refractivity contribution in [3.8, 4) is 0 Å². The van der Waals surface area contributed by atoms with Crippen molar-refractivity contribution in [2.45, 2.75) is 6.42 Å². The smallest absolute Gasteiger partial charge is 0.338 e. The molecule has 1 amide bonds. The van der Waals surface area contributed by atoms with Gasteiger partial charge in [-0.2, -0.15) is 0 Å². The van der Waals surface area contributed by atoms with Crippen LogP contribution in [0, 0.1) is 0 Å². The van der Waals surface area contributed by atoms with Crippen molar-refractivity contribution in [1.29, 1.82) is 0 Å². The van der Waals surface area contributed by atoms with Crippen molar-refractivity contribution in [3.05, 3.63) is 71.2 Å². The zero-order valence-electron chi connectivity index (χ0n) is 14.6. The molecule has 0 radical (unpaired) electrons. The first-order valence-corrected chi connectivity index (χ1v) is 9.61. The van der Waals surface area contributed by atoms with Crippen molar-refractivity contribution in [3.63, 3.8) is 0 Å².